The standard InChI is InChI=1S/C15H24N2O/c1-11(2)13-4-5-15(18-3)14(8-13)17-10-12-6-7-16-9-12/h4-5,8,11-12,16-17H,6-7,9-10H2,1-3H3. The molecule has 1 saturated heterocycles. The van der Waals surface area contributed by atoms with Crippen molar-refractivity contribution in [3.63, 3.8) is 0 Å². The fourth-order valence-electron chi connectivity index (χ4n) is 2.37. The van der Waals surface area contributed by atoms with Gasteiger partial charge in [0.1, 0.15) is 5.75 Å². The molecular weight excluding hydrogens is 224 g/mol. The summed E-state index contributed by atoms with van der Waals surface area (Å²) >= 11 is 0. The van der Waals surface area contributed by atoms with Gasteiger partial charge in [-0.2, -0.15) is 0 Å². The van der Waals surface area contributed by atoms with E-state index in [1.807, 2.05) is 0 Å². The highest BCUT2D eigenvalue weighted by Gasteiger charge is 2.15. The molecule has 0 amide bonds. The first kappa shape index (κ1) is 13.2. The van der Waals surface area contributed by atoms with Gasteiger partial charge in [-0.1, -0.05) is 19.9 Å². The number of hydrogen-bond acceptors (Lipinski definition) is 3. The van der Waals surface area contributed by atoms with Crippen LogP contribution in [0.5, 0.6) is 5.75 Å². The predicted octanol–water partition coefficient (Wildman–Crippen LogP) is 2.84. The average molecular weight is 248 g/mol. The van der Waals surface area contributed by atoms with Gasteiger partial charge in [0.2, 0.25) is 0 Å². The maximum Gasteiger partial charge on any atom is 0.141 e. The summed E-state index contributed by atoms with van der Waals surface area (Å²) in [6, 6.07) is 6.42. The lowest BCUT2D eigenvalue weighted by molar-refractivity contribution is 0.416. The molecule has 2 rings (SSSR count). The molecule has 0 aliphatic carbocycles. The Morgan fingerprint density at radius 3 is 2.89 bits per heavy atom. The van der Waals surface area contributed by atoms with Gasteiger partial charge in [0.05, 0.1) is 12.8 Å². The topological polar surface area (TPSA) is 33.3 Å². The minimum Gasteiger partial charge on any atom is -0.495 e. The van der Waals surface area contributed by atoms with Gasteiger partial charge in [-0.25, -0.2) is 0 Å². The highest BCUT2D eigenvalue weighted by Crippen LogP contribution is 2.29. The van der Waals surface area contributed by atoms with E-state index in [1.54, 1.807) is 7.11 Å². The molecule has 100 valence electrons. The minimum atomic E-state index is 0.546. The van der Waals surface area contributed by atoms with Crippen molar-refractivity contribution < 1.29 is 4.74 Å². The smallest absolute Gasteiger partial charge is 0.141 e. The molecule has 0 spiro atoms. The van der Waals surface area contributed by atoms with Crippen LogP contribution in [0.1, 0.15) is 31.7 Å². The van der Waals surface area contributed by atoms with E-state index in [-0.39, 0.29) is 0 Å². The van der Waals surface area contributed by atoms with E-state index in [0.717, 1.165) is 37.0 Å². The van der Waals surface area contributed by atoms with E-state index >= 15 is 0 Å². The van der Waals surface area contributed by atoms with Crippen molar-refractivity contribution in [1.82, 2.24) is 5.32 Å². The van der Waals surface area contributed by atoms with Gasteiger partial charge >= 0.3 is 0 Å². The molecule has 1 aromatic rings. The summed E-state index contributed by atoms with van der Waals surface area (Å²) in [5.41, 5.74) is 2.47. The maximum absolute atomic E-state index is 5.42. The van der Waals surface area contributed by atoms with Gasteiger partial charge in [-0.05, 0) is 49.0 Å². The number of methoxy groups -OCH3 is 1. The first-order valence-corrected chi connectivity index (χ1v) is 6.83. The molecule has 1 fully saturated rings. The van der Waals surface area contributed by atoms with Gasteiger partial charge < -0.3 is 15.4 Å². The fraction of sp³-hybridized carbons (Fsp3) is 0.600. The molecule has 1 heterocycles. The maximum atomic E-state index is 5.42. The average Bonchev–Trinajstić information content (AvgIpc) is 2.89. The van der Waals surface area contributed by atoms with Crippen molar-refractivity contribution in [1.29, 1.82) is 0 Å². The van der Waals surface area contributed by atoms with Crippen LogP contribution in [-0.4, -0.2) is 26.7 Å². The van der Waals surface area contributed by atoms with Gasteiger partial charge in [-0.3, -0.25) is 0 Å². The Labute approximate surface area is 110 Å². The van der Waals surface area contributed by atoms with Crippen molar-refractivity contribution in [3.05, 3.63) is 23.8 Å². The molecule has 18 heavy (non-hydrogen) atoms. The van der Waals surface area contributed by atoms with E-state index in [4.69, 9.17) is 4.74 Å². The minimum absolute atomic E-state index is 0.546. The van der Waals surface area contributed by atoms with Gasteiger partial charge in [0.25, 0.3) is 0 Å². The lowest BCUT2D eigenvalue weighted by Gasteiger charge is -2.16. The molecule has 0 radical (unpaired) electrons. The SMILES string of the molecule is COc1ccc(C(C)C)cc1NCC1CCNC1. The molecule has 3 nitrogen and oxygen atoms in total. The third-order valence-corrected chi connectivity index (χ3v) is 3.63. The molecule has 0 bridgehead atoms. The normalized spacial score (nSPS) is 19.2. The second-order valence-electron chi connectivity index (χ2n) is 5.35. The summed E-state index contributed by atoms with van der Waals surface area (Å²) in [4.78, 5) is 0. The third kappa shape index (κ3) is 3.16. The molecule has 0 saturated carbocycles. The largest absolute Gasteiger partial charge is 0.495 e. The van der Waals surface area contributed by atoms with Crippen molar-refractivity contribution in [2.75, 3.05) is 32.1 Å². The van der Waals surface area contributed by atoms with Crippen LogP contribution >= 0.6 is 0 Å². The van der Waals surface area contributed by atoms with E-state index in [9.17, 15) is 0 Å². The van der Waals surface area contributed by atoms with Crippen molar-refractivity contribution in [2.45, 2.75) is 26.2 Å². The first-order chi connectivity index (χ1) is 8.70. The molecule has 1 aromatic carbocycles. The number of hydrogen-bond donors (Lipinski definition) is 2. The summed E-state index contributed by atoms with van der Waals surface area (Å²) < 4.78 is 5.42. The van der Waals surface area contributed by atoms with Crippen LogP contribution in [0, 0.1) is 5.92 Å². The summed E-state index contributed by atoms with van der Waals surface area (Å²) in [5, 5.41) is 6.93. The Bertz CT molecular complexity index is 384. The molecule has 1 aliphatic rings. The number of rotatable bonds is 5. The summed E-state index contributed by atoms with van der Waals surface area (Å²) in [5.74, 6) is 2.22. The number of ether oxygens (including phenoxy) is 1. The number of benzene rings is 1. The number of nitrogens with one attached hydrogen (secondary N) is 2. The molecule has 1 aliphatic heterocycles. The zero-order valence-corrected chi connectivity index (χ0v) is 11.6. The zero-order valence-electron chi connectivity index (χ0n) is 11.6. The number of anilines is 1. The second-order valence-corrected chi connectivity index (χ2v) is 5.35. The van der Waals surface area contributed by atoms with E-state index in [2.05, 4.69) is 42.7 Å². The Hall–Kier alpha value is -1.22. The fourth-order valence-corrected chi connectivity index (χ4v) is 2.37. The Morgan fingerprint density at radius 1 is 1.44 bits per heavy atom. The molecule has 1 unspecified atom stereocenters. The summed E-state index contributed by atoms with van der Waals surface area (Å²) in [7, 11) is 1.73. The summed E-state index contributed by atoms with van der Waals surface area (Å²) in [6.45, 7) is 7.72. The Kier molecular flexibility index (Phi) is 4.48. The lowest BCUT2D eigenvalue weighted by atomic mass is 10.0. The molecule has 2 N–H and O–H groups in total. The second kappa shape index (κ2) is 6.10. The molecule has 3 heteroatoms. The lowest BCUT2D eigenvalue weighted by Crippen LogP contribution is -2.17. The Balaban J connectivity index is 2.05. The summed E-state index contributed by atoms with van der Waals surface area (Å²) in [6.07, 6.45) is 1.26. The van der Waals surface area contributed by atoms with Crippen LogP contribution in [0.15, 0.2) is 18.2 Å². The van der Waals surface area contributed by atoms with Crippen LogP contribution in [0.3, 0.4) is 0 Å². The van der Waals surface area contributed by atoms with Crippen LogP contribution in [-0.2, 0) is 0 Å². The zero-order chi connectivity index (χ0) is 13.0. The van der Waals surface area contributed by atoms with Crippen LogP contribution in [0.4, 0.5) is 5.69 Å². The van der Waals surface area contributed by atoms with Crippen LogP contribution < -0.4 is 15.4 Å². The van der Waals surface area contributed by atoms with E-state index < -0.39 is 0 Å². The van der Waals surface area contributed by atoms with E-state index in [0.29, 0.717) is 5.92 Å². The van der Waals surface area contributed by atoms with Crippen LogP contribution in [0.2, 0.25) is 0 Å². The van der Waals surface area contributed by atoms with Crippen molar-refractivity contribution >= 4 is 5.69 Å². The molecule has 0 aromatic heterocycles. The van der Waals surface area contributed by atoms with Crippen LogP contribution in [0.25, 0.3) is 0 Å². The highest BCUT2D eigenvalue weighted by atomic mass is 16.5. The molecular formula is C15H24N2O. The first-order valence-electron chi connectivity index (χ1n) is 6.83. The Morgan fingerprint density at radius 2 is 2.28 bits per heavy atom. The predicted molar refractivity (Wildman–Crippen MR) is 76.5 cm³/mol. The van der Waals surface area contributed by atoms with Gasteiger partial charge in [-0.15, -0.1) is 0 Å². The monoisotopic (exact) mass is 248 g/mol. The highest BCUT2D eigenvalue weighted by molar-refractivity contribution is 5.58. The van der Waals surface area contributed by atoms with E-state index in [1.165, 1.54) is 12.0 Å². The quantitative estimate of drug-likeness (QED) is 0.840. The van der Waals surface area contributed by atoms with Gasteiger partial charge in [0, 0.05) is 6.54 Å². The third-order valence-electron chi connectivity index (χ3n) is 3.63. The van der Waals surface area contributed by atoms with Crippen molar-refractivity contribution in [2.24, 2.45) is 5.92 Å². The van der Waals surface area contributed by atoms with Crippen molar-refractivity contribution in [3.8, 4) is 5.75 Å². The van der Waals surface area contributed by atoms with Gasteiger partial charge in [0.15, 0.2) is 0 Å². The molecule has 1 atom stereocenters.